The van der Waals surface area contributed by atoms with Gasteiger partial charge in [-0.15, -0.1) is 0 Å². The van der Waals surface area contributed by atoms with E-state index in [0.29, 0.717) is 6.54 Å². The van der Waals surface area contributed by atoms with Crippen LogP contribution >= 0.6 is 11.3 Å². The van der Waals surface area contributed by atoms with Crippen molar-refractivity contribution in [3.63, 3.8) is 0 Å². The predicted octanol–water partition coefficient (Wildman–Crippen LogP) is 3.84. The Hall–Kier alpha value is -2.40. The summed E-state index contributed by atoms with van der Waals surface area (Å²) in [5.41, 5.74) is 2.22. The van der Waals surface area contributed by atoms with E-state index >= 15 is 0 Å². The van der Waals surface area contributed by atoms with Gasteiger partial charge in [-0.25, -0.2) is 0 Å². The molecule has 0 saturated carbocycles. The number of rotatable bonds is 7. The molecule has 24 heavy (non-hydrogen) atoms. The lowest BCUT2D eigenvalue weighted by Crippen LogP contribution is -2.34. The second-order valence-corrected chi connectivity index (χ2v) is 6.46. The molecule has 0 fully saturated rings. The zero-order valence-electron chi connectivity index (χ0n) is 13.6. The summed E-state index contributed by atoms with van der Waals surface area (Å²) in [6.07, 6.45) is 4.48. The van der Waals surface area contributed by atoms with Gasteiger partial charge in [0.25, 0.3) is 0 Å². The van der Waals surface area contributed by atoms with Crippen molar-refractivity contribution in [1.82, 2.24) is 15.1 Å². The average Bonchev–Trinajstić information content (AvgIpc) is 3.31. The monoisotopic (exact) mass is 339 g/mol. The van der Waals surface area contributed by atoms with E-state index in [4.69, 9.17) is 0 Å². The number of carbonyl (C=O) groups excluding carboxylic acids is 1. The van der Waals surface area contributed by atoms with Gasteiger partial charge in [0.2, 0.25) is 5.91 Å². The minimum absolute atomic E-state index is 0.0171. The summed E-state index contributed by atoms with van der Waals surface area (Å²) in [5.74, 6) is -0.0527. The van der Waals surface area contributed by atoms with Crippen LogP contribution in [-0.4, -0.2) is 22.2 Å². The molecule has 0 aliphatic rings. The molecule has 4 nitrogen and oxygen atoms in total. The molecule has 2 atom stereocenters. The molecule has 3 aromatic rings. The number of aromatic nitrogens is 2. The molecule has 1 amide bonds. The van der Waals surface area contributed by atoms with Gasteiger partial charge in [0, 0.05) is 18.9 Å². The summed E-state index contributed by atoms with van der Waals surface area (Å²) in [6.45, 7) is 2.57. The van der Waals surface area contributed by atoms with Gasteiger partial charge in [-0.05, 0) is 40.4 Å². The molecule has 0 spiro atoms. The zero-order valence-corrected chi connectivity index (χ0v) is 14.4. The Morgan fingerprint density at radius 3 is 2.67 bits per heavy atom. The van der Waals surface area contributed by atoms with E-state index in [1.807, 2.05) is 59.6 Å². The van der Waals surface area contributed by atoms with Gasteiger partial charge in [-0.1, -0.05) is 37.3 Å². The fraction of sp³-hybridized carbons (Fsp3) is 0.263. The van der Waals surface area contributed by atoms with Crippen LogP contribution in [0.3, 0.4) is 0 Å². The highest BCUT2D eigenvalue weighted by Crippen LogP contribution is 2.22. The molecule has 0 aliphatic carbocycles. The second-order valence-electron chi connectivity index (χ2n) is 5.68. The van der Waals surface area contributed by atoms with Crippen LogP contribution in [0.1, 0.15) is 36.4 Å². The highest BCUT2D eigenvalue weighted by Gasteiger charge is 2.21. The Morgan fingerprint density at radius 2 is 2.04 bits per heavy atom. The normalized spacial score (nSPS) is 13.4. The number of nitrogens with zero attached hydrogens (tertiary/aromatic N) is 2. The fourth-order valence-corrected chi connectivity index (χ4v) is 3.58. The topological polar surface area (TPSA) is 46.9 Å². The highest BCUT2D eigenvalue weighted by atomic mass is 32.1. The molecule has 3 rings (SSSR count). The molecule has 1 N–H and O–H groups in total. The van der Waals surface area contributed by atoms with Crippen molar-refractivity contribution in [2.75, 3.05) is 6.54 Å². The molecule has 2 heterocycles. The molecule has 2 aromatic heterocycles. The Balaban J connectivity index is 1.71. The van der Waals surface area contributed by atoms with Crippen LogP contribution in [0.5, 0.6) is 0 Å². The van der Waals surface area contributed by atoms with Crippen LogP contribution in [0.25, 0.3) is 0 Å². The Morgan fingerprint density at radius 1 is 1.21 bits per heavy atom. The first kappa shape index (κ1) is 16.5. The summed E-state index contributed by atoms with van der Waals surface area (Å²) in [5, 5.41) is 11.6. The van der Waals surface area contributed by atoms with Crippen LogP contribution in [0.4, 0.5) is 0 Å². The maximum absolute atomic E-state index is 12.7. The van der Waals surface area contributed by atoms with Crippen LogP contribution in [0.15, 0.2) is 65.6 Å². The van der Waals surface area contributed by atoms with Crippen LogP contribution < -0.4 is 5.32 Å². The van der Waals surface area contributed by atoms with Crippen LogP contribution in [0.2, 0.25) is 0 Å². The second kappa shape index (κ2) is 7.93. The summed E-state index contributed by atoms with van der Waals surface area (Å²) in [6, 6.07) is 13.9. The maximum atomic E-state index is 12.7. The lowest BCUT2D eigenvalue weighted by molar-refractivity contribution is -0.122. The van der Waals surface area contributed by atoms with E-state index in [-0.39, 0.29) is 17.9 Å². The largest absolute Gasteiger partial charge is 0.353 e. The molecular weight excluding hydrogens is 318 g/mol. The average molecular weight is 339 g/mol. The molecule has 1 aromatic carbocycles. The van der Waals surface area contributed by atoms with Crippen LogP contribution in [0, 0.1) is 0 Å². The van der Waals surface area contributed by atoms with Gasteiger partial charge in [0.05, 0.1) is 12.0 Å². The van der Waals surface area contributed by atoms with E-state index in [1.165, 1.54) is 0 Å². The van der Waals surface area contributed by atoms with E-state index in [9.17, 15) is 4.79 Å². The lowest BCUT2D eigenvalue weighted by Gasteiger charge is -2.20. The molecule has 0 aliphatic heterocycles. The third-order valence-corrected chi connectivity index (χ3v) is 4.87. The summed E-state index contributed by atoms with van der Waals surface area (Å²) in [4.78, 5) is 12.7. The fourth-order valence-electron chi connectivity index (χ4n) is 2.87. The van der Waals surface area contributed by atoms with Crippen molar-refractivity contribution in [2.45, 2.75) is 25.3 Å². The molecule has 0 radical (unpaired) electrons. The number of amides is 1. The predicted molar refractivity (Wildman–Crippen MR) is 97.2 cm³/mol. The molecule has 0 bridgehead atoms. The Kier molecular flexibility index (Phi) is 5.43. The first-order valence-electron chi connectivity index (χ1n) is 8.13. The number of carbonyl (C=O) groups is 1. The maximum Gasteiger partial charge on any atom is 0.227 e. The Bertz CT molecular complexity index is 704. The van der Waals surface area contributed by atoms with Crippen molar-refractivity contribution in [1.29, 1.82) is 0 Å². The molecular formula is C19H21N3OS. The number of hydrogen-bond donors (Lipinski definition) is 1. The van der Waals surface area contributed by atoms with Gasteiger partial charge in [-0.3, -0.25) is 9.48 Å². The SMILES string of the molecule is CC[C@@H](C(=O)NC[C@H](c1ccsc1)n1cccn1)c1ccccc1. The number of hydrogen-bond acceptors (Lipinski definition) is 3. The first-order valence-corrected chi connectivity index (χ1v) is 9.07. The van der Waals surface area contributed by atoms with Crippen molar-refractivity contribution in [3.8, 4) is 0 Å². The van der Waals surface area contributed by atoms with E-state index in [2.05, 4.69) is 21.9 Å². The Labute approximate surface area is 146 Å². The highest BCUT2D eigenvalue weighted by molar-refractivity contribution is 7.07. The summed E-state index contributed by atoms with van der Waals surface area (Å²) < 4.78 is 1.89. The van der Waals surface area contributed by atoms with Crippen LogP contribution in [-0.2, 0) is 4.79 Å². The third kappa shape index (κ3) is 3.74. The van der Waals surface area contributed by atoms with Gasteiger partial charge in [0.15, 0.2) is 0 Å². The third-order valence-electron chi connectivity index (χ3n) is 4.17. The summed E-state index contributed by atoms with van der Waals surface area (Å²) in [7, 11) is 0. The van der Waals surface area contributed by atoms with Gasteiger partial charge in [0.1, 0.15) is 0 Å². The summed E-state index contributed by atoms with van der Waals surface area (Å²) >= 11 is 1.65. The smallest absolute Gasteiger partial charge is 0.227 e. The van der Waals surface area contributed by atoms with E-state index in [0.717, 1.165) is 17.5 Å². The molecule has 0 unspecified atom stereocenters. The van der Waals surface area contributed by atoms with Gasteiger partial charge >= 0.3 is 0 Å². The first-order chi connectivity index (χ1) is 11.8. The van der Waals surface area contributed by atoms with Crippen molar-refractivity contribution in [3.05, 3.63) is 76.7 Å². The van der Waals surface area contributed by atoms with Gasteiger partial charge < -0.3 is 5.32 Å². The minimum Gasteiger partial charge on any atom is -0.353 e. The molecule has 0 saturated heterocycles. The van der Waals surface area contributed by atoms with Gasteiger partial charge in [-0.2, -0.15) is 16.4 Å². The lowest BCUT2D eigenvalue weighted by atomic mass is 9.95. The van der Waals surface area contributed by atoms with E-state index in [1.54, 1.807) is 17.5 Å². The number of nitrogens with one attached hydrogen (secondary N) is 1. The van der Waals surface area contributed by atoms with Crippen molar-refractivity contribution in [2.24, 2.45) is 0 Å². The number of thiophene rings is 1. The standard InChI is InChI=1S/C19H21N3OS/c1-2-17(15-7-4-3-5-8-15)19(23)20-13-18(16-9-12-24-14-16)22-11-6-10-21-22/h3-12,14,17-18H,2,13H2,1H3,(H,20,23)/t17-,18-/m1/s1. The minimum atomic E-state index is -0.119. The number of benzene rings is 1. The molecule has 124 valence electrons. The van der Waals surface area contributed by atoms with Crippen molar-refractivity contribution >= 4 is 17.2 Å². The zero-order chi connectivity index (χ0) is 16.8. The quantitative estimate of drug-likeness (QED) is 0.711. The molecule has 5 heteroatoms. The van der Waals surface area contributed by atoms with E-state index < -0.39 is 0 Å². The van der Waals surface area contributed by atoms with Crippen molar-refractivity contribution < 1.29 is 4.79 Å².